The zero-order chi connectivity index (χ0) is 33.0. The standard InChI is InChI=1S/C32H50N2O10/c1-19(2)26(34-31(38)44-32(6,7)8)28(35)33-27(20(3)4)30(37)43-21(5)42-29(36)22-14-15-40-24(16-22)18-41-25-13-11-10-12-23(25)17-39-9/h10-13,19-22,24,26-27H,14-18H2,1-9H3,(H,33,35)(H,34,38)/t21?,22?,24?,26-,27-/m0/s1. The number of esters is 2. The van der Waals surface area contributed by atoms with Gasteiger partial charge < -0.3 is 39.1 Å². The van der Waals surface area contributed by atoms with Crippen molar-refractivity contribution in [2.75, 3.05) is 20.3 Å². The molecule has 12 heteroatoms. The topological polar surface area (TPSA) is 148 Å². The number of alkyl carbamates (subject to hydrolysis) is 1. The van der Waals surface area contributed by atoms with E-state index < -0.39 is 53.8 Å². The van der Waals surface area contributed by atoms with Gasteiger partial charge in [0, 0.05) is 26.2 Å². The predicted octanol–water partition coefficient (Wildman–Crippen LogP) is 4.13. The fourth-order valence-electron chi connectivity index (χ4n) is 4.54. The monoisotopic (exact) mass is 622 g/mol. The number of nitrogens with one attached hydrogen (secondary N) is 2. The highest BCUT2D eigenvalue weighted by Gasteiger charge is 2.35. The molecule has 1 aliphatic heterocycles. The van der Waals surface area contributed by atoms with Gasteiger partial charge in [0.2, 0.25) is 12.2 Å². The molecule has 3 unspecified atom stereocenters. The molecule has 248 valence electrons. The maximum absolute atomic E-state index is 13.1. The molecule has 2 amide bonds. The third kappa shape index (κ3) is 12.3. The summed E-state index contributed by atoms with van der Waals surface area (Å²) in [6.45, 7) is 14.6. The van der Waals surface area contributed by atoms with Crippen LogP contribution in [-0.2, 0) is 44.7 Å². The minimum Gasteiger partial charge on any atom is -0.491 e. The number of amides is 2. The number of benzene rings is 1. The molecule has 0 aromatic heterocycles. The molecule has 1 aromatic rings. The van der Waals surface area contributed by atoms with Crippen molar-refractivity contribution in [1.29, 1.82) is 0 Å². The molecule has 44 heavy (non-hydrogen) atoms. The minimum atomic E-state index is -1.19. The average Bonchev–Trinajstić information content (AvgIpc) is 2.93. The van der Waals surface area contributed by atoms with E-state index in [1.807, 2.05) is 24.3 Å². The van der Waals surface area contributed by atoms with Crippen molar-refractivity contribution in [3.05, 3.63) is 29.8 Å². The van der Waals surface area contributed by atoms with E-state index in [0.29, 0.717) is 31.8 Å². The SMILES string of the molecule is COCc1ccccc1OCC1CC(C(=O)OC(C)OC(=O)[C@@H](NC(=O)[C@@H](NC(=O)OC(C)(C)C)C(C)C)C(C)C)CCO1. The molecule has 1 aliphatic rings. The zero-order valence-corrected chi connectivity index (χ0v) is 27.5. The van der Waals surface area contributed by atoms with Crippen LogP contribution in [0.4, 0.5) is 4.79 Å². The Kier molecular flexibility index (Phi) is 14.4. The maximum atomic E-state index is 13.1. The quantitative estimate of drug-likeness (QED) is 0.229. The fourth-order valence-corrected chi connectivity index (χ4v) is 4.54. The summed E-state index contributed by atoms with van der Waals surface area (Å²) in [7, 11) is 1.61. The Morgan fingerprint density at radius 1 is 0.955 bits per heavy atom. The van der Waals surface area contributed by atoms with Gasteiger partial charge in [0.1, 0.15) is 30.0 Å². The van der Waals surface area contributed by atoms with E-state index in [0.717, 1.165) is 5.56 Å². The van der Waals surface area contributed by atoms with Crippen LogP contribution < -0.4 is 15.4 Å². The summed E-state index contributed by atoms with van der Waals surface area (Å²) in [4.78, 5) is 51.4. The molecule has 2 N–H and O–H groups in total. The van der Waals surface area contributed by atoms with Crippen LogP contribution in [-0.4, -0.2) is 74.3 Å². The third-order valence-electron chi connectivity index (χ3n) is 6.80. The number of hydrogen-bond donors (Lipinski definition) is 2. The first-order valence-corrected chi connectivity index (χ1v) is 15.1. The Balaban J connectivity index is 1.92. The lowest BCUT2D eigenvalue weighted by atomic mass is 9.96. The van der Waals surface area contributed by atoms with Crippen LogP contribution in [0.1, 0.15) is 73.8 Å². The van der Waals surface area contributed by atoms with E-state index >= 15 is 0 Å². The molecule has 0 radical (unpaired) electrons. The largest absolute Gasteiger partial charge is 0.491 e. The van der Waals surface area contributed by atoms with Crippen molar-refractivity contribution in [2.45, 2.75) is 105 Å². The molecular weight excluding hydrogens is 572 g/mol. The summed E-state index contributed by atoms with van der Waals surface area (Å²) < 4.78 is 33.1. The van der Waals surface area contributed by atoms with Gasteiger partial charge in [0.25, 0.3) is 0 Å². The van der Waals surface area contributed by atoms with Crippen LogP contribution in [0.2, 0.25) is 0 Å². The predicted molar refractivity (Wildman–Crippen MR) is 162 cm³/mol. The van der Waals surface area contributed by atoms with Crippen molar-refractivity contribution in [3.8, 4) is 5.75 Å². The lowest BCUT2D eigenvalue weighted by Crippen LogP contribution is -2.56. The van der Waals surface area contributed by atoms with E-state index in [9.17, 15) is 19.2 Å². The van der Waals surface area contributed by atoms with Gasteiger partial charge in [-0.3, -0.25) is 9.59 Å². The minimum absolute atomic E-state index is 0.255. The first-order valence-electron chi connectivity index (χ1n) is 15.1. The summed E-state index contributed by atoms with van der Waals surface area (Å²) in [6.07, 6.45) is -1.40. The van der Waals surface area contributed by atoms with E-state index in [2.05, 4.69) is 10.6 Å². The molecule has 0 saturated carbocycles. The number of carbonyl (C=O) groups is 4. The van der Waals surface area contributed by atoms with Crippen LogP contribution in [0.15, 0.2) is 24.3 Å². The summed E-state index contributed by atoms with van der Waals surface area (Å²) in [5, 5.41) is 5.24. The van der Waals surface area contributed by atoms with Crippen LogP contribution in [0.5, 0.6) is 5.75 Å². The molecule has 12 nitrogen and oxygen atoms in total. The lowest BCUT2D eigenvalue weighted by Gasteiger charge is -2.30. The second-order valence-electron chi connectivity index (χ2n) is 12.6. The molecule has 0 spiro atoms. The van der Waals surface area contributed by atoms with Gasteiger partial charge >= 0.3 is 18.0 Å². The molecule has 1 aromatic carbocycles. The molecule has 0 bridgehead atoms. The number of para-hydroxylation sites is 1. The normalized spacial score (nSPS) is 19.0. The van der Waals surface area contributed by atoms with E-state index in [4.69, 9.17) is 28.4 Å². The van der Waals surface area contributed by atoms with E-state index in [1.54, 1.807) is 55.6 Å². The van der Waals surface area contributed by atoms with E-state index in [-0.39, 0.29) is 24.5 Å². The van der Waals surface area contributed by atoms with Crippen molar-refractivity contribution < 1.29 is 47.6 Å². The number of carbonyl (C=O) groups excluding carboxylic acids is 4. The molecule has 2 rings (SSSR count). The second-order valence-corrected chi connectivity index (χ2v) is 12.6. The van der Waals surface area contributed by atoms with Crippen LogP contribution in [0.3, 0.4) is 0 Å². The van der Waals surface area contributed by atoms with Gasteiger partial charge in [-0.2, -0.15) is 0 Å². The van der Waals surface area contributed by atoms with Gasteiger partial charge in [-0.1, -0.05) is 45.9 Å². The van der Waals surface area contributed by atoms with Crippen LogP contribution >= 0.6 is 0 Å². The van der Waals surface area contributed by atoms with Gasteiger partial charge in [-0.25, -0.2) is 9.59 Å². The summed E-state index contributed by atoms with van der Waals surface area (Å²) in [5.41, 5.74) is 0.169. The Morgan fingerprint density at radius 3 is 2.23 bits per heavy atom. The zero-order valence-electron chi connectivity index (χ0n) is 27.5. The average molecular weight is 623 g/mol. The third-order valence-corrected chi connectivity index (χ3v) is 6.80. The molecule has 5 atom stereocenters. The molecule has 1 fully saturated rings. The Morgan fingerprint density at radius 2 is 1.61 bits per heavy atom. The number of rotatable bonds is 14. The summed E-state index contributed by atoms with van der Waals surface area (Å²) in [5.74, 6) is -2.25. The maximum Gasteiger partial charge on any atom is 0.408 e. The highest BCUT2D eigenvalue weighted by Crippen LogP contribution is 2.25. The number of hydrogen-bond acceptors (Lipinski definition) is 10. The molecule has 1 heterocycles. The lowest BCUT2D eigenvalue weighted by molar-refractivity contribution is -0.192. The number of ether oxygens (including phenoxy) is 6. The first kappa shape index (κ1) is 36.8. The number of methoxy groups -OCH3 is 1. The summed E-state index contributed by atoms with van der Waals surface area (Å²) in [6, 6.07) is 5.55. The highest BCUT2D eigenvalue weighted by molar-refractivity contribution is 5.90. The van der Waals surface area contributed by atoms with Gasteiger partial charge in [0.15, 0.2) is 0 Å². The van der Waals surface area contributed by atoms with Crippen LogP contribution in [0.25, 0.3) is 0 Å². The second kappa shape index (κ2) is 17.2. The van der Waals surface area contributed by atoms with Gasteiger partial charge in [-0.15, -0.1) is 0 Å². The van der Waals surface area contributed by atoms with Crippen molar-refractivity contribution >= 4 is 23.9 Å². The fraction of sp³-hybridized carbons (Fsp3) is 0.688. The van der Waals surface area contributed by atoms with Gasteiger partial charge in [-0.05, 0) is 51.5 Å². The van der Waals surface area contributed by atoms with Crippen molar-refractivity contribution in [1.82, 2.24) is 10.6 Å². The van der Waals surface area contributed by atoms with Crippen molar-refractivity contribution in [2.24, 2.45) is 17.8 Å². The van der Waals surface area contributed by atoms with E-state index in [1.165, 1.54) is 6.92 Å². The first-order chi connectivity index (χ1) is 20.6. The smallest absolute Gasteiger partial charge is 0.408 e. The molecule has 0 aliphatic carbocycles. The van der Waals surface area contributed by atoms with Crippen molar-refractivity contribution in [3.63, 3.8) is 0 Å². The van der Waals surface area contributed by atoms with Crippen LogP contribution in [0, 0.1) is 17.8 Å². The summed E-state index contributed by atoms with van der Waals surface area (Å²) >= 11 is 0. The Hall–Kier alpha value is -3.38. The van der Waals surface area contributed by atoms with Gasteiger partial charge in [0.05, 0.1) is 18.6 Å². The molecular formula is C32H50N2O10. The Bertz CT molecular complexity index is 1100. The highest BCUT2D eigenvalue weighted by atomic mass is 16.7. The molecule has 1 saturated heterocycles. The Labute approximate surface area is 260 Å².